The number of hydrogen-bond donors (Lipinski definition) is 2. The number of aliphatic hydroxyl groups excluding tert-OH is 1. The molecule has 5 rings (SSSR count). The maximum absolute atomic E-state index is 14.4. The van der Waals surface area contributed by atoms with Crippen molar-refractivity contribution in [1.82, 2.24) is 14.7 Å². The molecule has 1 aromatic carbocycles. The first-order valence-corrected chi connectivity index (χ1v) is 13.5. The van der Waals surface area contributed by atoms with Crippen molar-refractivity contribution in [3.05, 3.63) is 48.6 Å². The first-order chi connectivity index (χ1) is 18.4. The average molecular weight is 528 g/mol. The van der Waals surface area contributed by atoms with Crippen LogP contribution in [0.4, 0.5) is 0 Å². The molecule has 0 saturated carbocycles. The zero-order valence-electron chi connectivity index (χ0n) is 21.6. The summed E-state index contributed by atoms with van der Waals surface area (Å²) in [6, 6.07) is 7.77. The van der Waals surface area contributed by atoms with E-state index in [4.69, 9.17) is 9.47 Å². The first-order valence-electron chi connectivity index (χ1n) is 13.5. The summed E-state index contributed by atoms with van der Waals surface area (Å²) in [5.74, 6) is -3.75. The van der Waals surface area contributed by atoms with Gasteiger partial charge in [0.25, 0.3) is 0 Å². The minimum Gasteiger partial charge on any atom is -0.481 e. The van der Waals surface area contributed by atoms with E-state index < -0.39 is 47.5 Å². The highest BCUT2D eigenvalue weighted by atomic mass is 16.5. The molecule has 4 aliphatic heterocycles. The number of nitrogens with zero attached hydrogens (tertiary/aromatic N) is 3. The third kappa shape index (κ3) is 4.64. The van der Waals surface area contributed by atoms with Crippen LogP contribution in [0.3, 0.4) is 0 Å². The normalized spacial score (nSPS) is 31.3. The number of hydrogen-bond acceptors (Lipinski definition) is 7. The van der Waals surface area contributed by atoms with Crippen molar-refractivity contribution in [3.8, 4) is 0 Å². The van der Waals surface area contributed by atoms with E-state index in [0.717, 1.165) is 18.7 Å². The Morgan fingerprint density at radius 1 is 1.24 bits per heavy atom. The van der Waals surface area contributed by atoms with Crippen LogP contribution in [-0.4, -0.2) is 119 Å². The number of likely N-dealkylation sites (tertiary alicyclic amines) is 1. The van der Waals surface area contributed by atoms with Crippen LogP contribution < -0.4 is 0 Å². The number of aliphatic hydroxyl groups is 1. The largest absolute Gasteiger partial charge is 0.481 e. The molecular formula is C28H37N3O7. The lowest BCUT2D eigenvalue weighted by molar-refractivity contribution is -0.153. The molecule has 38 heavy (non-hydrogen) atoms. The van der Waals surface area contributed by atoms with E-state index in [1.165, 1.54) is 4.90 Å². The molecule has 2 N–H and O–H groups in total. The van der Waals surface area contributed by atoms with Crippen LogP contribution in [0.5, 0.6) is 0 Å². The molecule has 1 spiro atoms. The SMILES string of the molecule is C=CCN(CCN1CCOCC1)C(=O)C1N([C@@H](CO)Cc2ccccc2)C(=O)[C@@H]2[C@@H](C(=O)O)[C@H]3CCC12O3. The fourth-order valence-corrected chi connectivity index (χ4v) is 6.89. The minimum absolute atomic E-state index is 0.285. The molecule has 1 aromatic rings. The molecule has 0 aromatic heterocycles. The molecule has 10 heteroatoms. The zero-order chi connectivity index (χ0) is 26.9. The van der Waals surface area contributed by atoms with Crippen molar-refractivity contribution in [2.75, 3.05) is 52.5 Å². The van der Waals surface area contributed by atoms with E-state index in [1.807, 2.05) is 30.3 Å². The average Bonchev–Trinajstić information content (AvgIpc) is 3.58. The molecule has 2 bridgehead atoms. The van der Waals surface area contributed by atoms with Crippen LogP contribution in [0.15, 0.2) is 43.0 Å². The van der Waals surface area contributed by atoms with Gasteiger partial charge in [0.05, 0.1) is 43.8 Å². The van der Waals surface area contributed by atoms with E-state index in [2.05, 4.69) is 11.5 Å². The Balaban J connectivity index is 1.48. The van der Waals surface area contributed by atoms with Gasteiger partial charge in [-0.05, 0) is 24.8 Å². The summed E-state index contributed by atoms with van der Waals surface area (Å²) >= 11 is 0. The predicted molar refractivity (Wildman–Crippen MR) is 137 cm³/mol. The number of benzene rings is 1. The Labute approximate surface area is 222 Å². The molecular weight excluding hydrogens is 490 g/mol. The van der Waals surface area contributed by atoms with E-state index in [1.54, 1.807) is 11.0 Å². The Kier molecular flexibility index (Phi) is 7.85. The van der Waals surface area contributed by atoms with Crippen LogP contribution in [-0.2, 0) is 30.3 Å². The monoisotopic (exact) mass is 527 g/mol. The van der Waals surface area contributed by atoms with Gasteiger partial charge in [-0.2, -0.15) is 0 Å². The number of carboxylic acid groups (broad SMARTS) is 1. The van der Waals surface area contributed by atoms with E-state index in [0.29, 0.717) is 45.6 Å². The lowest BCUT2D eigenvalue weighted by Crippen LogP contribution is -2.59. The highest BCUT2D eigenvalue weighted by molar-refractivity contribution is 5.98. The van der Waals surface area contributed by atoms with Crippen LogP contribution in [0.25, 0.3) is 0 Å². The number of carbonyl (C=O) groups excluding carboxylic acids is 2. The molecule has 0 aliphatic carbocycles. The molecule has 2 amide bonds. The standard InChI is InChI=1S/C28H37N3O7/c1-2-10-30(12-11-29-13-15-37-16-14-29)26(34)24-28-9-8-21(38-28)22(27(35)36)23(28)25(33)31(24)20(18-32)17-19-6-4-3-5-7-19/h2-7,20-24,32H,1,8-18H2,(H,35,36)/t20-,21-,22+,23+,24?,28?/m1/s1. The van der Waals surface area contributed by atoms with E-state index in [-0.39, 0.29) is 19.1 Å². The molecule has 2 unspecified atom stereocenters. The van der Waals surface area contributed by atoms with Crippen molar-refractivity contribution in [3.63, 3.8) is 0 Å². The molecule has 6 atom stereocenters. The number of carboxylic acids is 1. The fraction of sp³-hybridized carbons (Fsp3) is 0.607. The summed E-state index contributed by atoms with van der Waals surface area (Å²) < 4.78 is 11.8. The van der Waals surface area contributed by atoms with Crippen LogP contribution in [0, 0.1) is 11.8 Å². The number of aliphatic carboxylic acids is 1. The maximum Gasteiger partial charge on any atom is 0.310 e. The number of ether oxygens (including phenoxy) is 2. The Morgan fingerprint density at radius 3 is 2.63 bits per heavy atom. The zero-order valence-corrected chi connectivity index (χ0v) is 21.6. The van der Waals surface area contributed by atoms with Gasteiger partial charge in [0, 0.05) is 32.7 Å². The summed E-state index contributed by atoms with van der Waals surface area (Å²) in [4.78, 5) is 46.1. The number of amides is 2. The van der Waals surface area contributed by atoms with Crippen LogP contribution >= 0.6 is 0 Å². The summed E-state index contributed by atoms with van der Waals surface area (Å²) in [6.07, 6.45) is 2.32. The highest BCUT2D eigenvalue weighted by Gasteiger charge is 2.75. The number of carbonyl (C=O) groups is 3. The quantitative estimate of drug-likeness (QED) is 0.397. The highest BCUT2D eigenvalue weighted by Crippen LogP contribution is 2.59. The predicted octanol–water partition coefficient (Wildman–Crippen LogP) is 0.396. The number of morpholine rings is 1. The topological polar surface area (TPSA) is 120 Å². The van der Waals surface area contributed by atoms with Crippen LogP contribution in [0.2, 0.25) is 0 Å². The second-order valence-corrected chi connectivity index (χ2v) is 10.7. The van der Waals surface area contributed by atoms with Gasteiger partial charge < -0.3 is 29.5 Å². The number of rotatable bonds is 11. The first kappa shape index (κ1) is 26.8. The van der Waals surface area contributed by atoms with Gasteiger partial charge in [-0.3, -0.25) is 19.3 Å². The van der Waals surface area contributed by atoms with Gasteiger partial charge in [0.1, 0.15) is 11.6 Å². The molecule has 4 aliphatic rings. The van der Waals surface area contributed by atoms with Gasteiger partial charge in [0.2, 0.25) is 11.8 Å². The summed E-state index contributed by atoms with van der Waals surface area (Å²) in [6.45, 7) is 7.70. The van der Waals surface area contributed by atoms with Crippen molar-refractivity contribution in [2.45, 2.75) is 43.1 Å². The van der Waals surface area contributed by atoms with E-state index >= 15 is 0 Å². The lowest BCUT2D eigenvalue weighted by Gasteiger charge is -2.40. The Hall–Kier alpha value is -2.79. The molecule has 4 fully saturated rings. The van der Waals surface area contributed by atoms with Gasteiger partial charge >= 0.3 is 5.97 Å². The molecule has 4 heterocycles. The fourth-order valence-electron chi connectivity index (χ4n) is 6.89. The van der Waals surface area contributed by atoms with Crippen molar-refractivity contribution in [2.24, 2.45) is 11.8 Å². The summed E-state index contributed by atoms with van der Waals surface area (Å²) in [5, 5.41) is 20.5. The second kappa shape index (κ2) is 11.1. The summed E-state index contributed by atoms with van der Waals surface area (Å²) in [5.41, 5.74) is -0.305. The van der Waals surface area contributed by atoms with Gasteiger partial charge in [-0.1, -0.05) is 36.4 Å². The van der Waals surface area contributed by atoms with Gasteiger partial charge in [0.15, 0.2) is 0 Å². The maximum atomic E-state index is 14.4. The van der Waals surface area contributed by atoms with Crippen molar-refractivity contribution >= 4 is 17.8 Å². The van der Waals surface area contributed by atoms with E-state index in [9.17, 15) is 24.6 Å². The third-order valence-electron chi connectivity index (χ3n) is 8.63. The molecule has 10 nitrogen and oxygen atoms in total. The molecule has 4 saturated heterocycles. The Bertz CT molecular complexity index is 1050. The number of fused-ring (bicyclic) bond motifs is 1. The second-order valence-electron chi connectivity index (χ2n) is 10.7. The van der Waals surface area contributed by atoms with Crippen LogP contribution in [0.1, 0.15) is 18.4 Å². The molecule has 0 radical (unpaired) electrons. The third-order valence-corrected chi connectivity index (χ3v) is 8.63. The smallest absolute Gasteiger partial charge is 0.310 e. The van der Waals surface area contributed by atoms with Crippen molar-refractivity contribution in [1.29, 1.82) is 0 Å². The van der Waals surface area contributed by atoms with Gasteiger partial charge in [-0.25, -0.2) is 0 Å². The summed E-state index contributed by atoms with van der Waals surface area (Å²) in [7, 11) is 0. The lowest BCUT2D eigenvalue weighted by atomic mass is 9.70. The molecule has 206 valence electrons. The van der Waals surface area contributed by atoms with Crippen molar-refractivity contribution < 1.29 is 34.1 Å². The Morgan fingerprint density at radius 2 is 1.97 bits per heavy atom. The van der Waals surface area contributed by atoms with Gasteiger partial charge in [-0.15, -0.1) is 6.58 Å². The minimum atomic E-state index is -1.22.